The predicted molar refractivity (Wildman–Crippen MR) is 63.5 cm³/mol. The minimum atomic E-state index is -0.0437. The van der Waals surface area contributed by atoms with Crippen LogP contribution in [-0.4, -0.2) is 41.3 Å². The first-order valence-corrected chi connectivity index (χ1v) is 6.22. The van der Waals surface area contributed by atoms with Gasteiger partial charge < -0.3 is 4.74 Å². The molecular weight excluding hydrogens is 278 g/mol. The number of rotatable bonds is 4. The van der Waals surface area contributed by atoms with Crippen LogP contribution in [0.3, 0.4) is 0 Å². The summed E-state index contributed by atoms with van der Waals surface area (Å²) in [6.45, 7) is 3.74. The molecule has 18 heavy (non-hydrogen) atoms. The number of halogens is 1. The van der Waals surface area contributed by atoms with Crippen molar-refractivity contribution in [2.24, 2.45) is 7.05 Å². The van der Waals surface area contributed by atoms with Gasteiger partial charge >= 0.3 is 6.01 Å². The van der Waals surface area contributed by atoms with Crippen LogP contribution in [0.5, 0.6) is 6.01 Å². The van der Waals surface area contributed by atoms with E-state index in [0.29, 0.717) is 10.3 Å². The van der Waals surface area contributed by atoms with Crippen molar-refractivity contribution in [3.63, 3.8) is 0 Å². The molecule has 0 spiro atoms. The fourth-order valence-electron chi connectivity index (χ4n) is 1.01. The van der Waals surface area contributed by atoms with Gasteiger partial charge in [-0.3, -0.25) is 0 Å². The largest absolute Gasteiger partial charge is 0.461 e. The van der Waals surface area contributed by atoms with E-state index in [0.717, 1.165) is 0 Å². The van der Waals surface area contributed by atoms with E-state index in [1.165, 1.54) is 16.4 Å². The average Bonchev–Trinajstić information content (AvgIpc) is 2.62. The third kappa shape index (κ3) is 3.26. The molecule has 0 amide bonds. The Hall–Kier alpha value is -1.48. The quantitative estimate of drug-likeness (QED) is 0.822. The van der Waals surface area contributed by atoms with E-state index in [2.05, 4.69) is 30.5 Å². The van der Waals surface area contributed by atoms with Crippen LogP contribution in [0, 0.1) is 0 Å². The summed E-state index contributed by atoms with van der Waals surface area (Å²) in [4.78, 5) is 12.0. The SMILES string of the molecule is CC(C)Oc1nc(Cl)nc(Sc2nnnn2C)n1. The fraction of sp³-hybridized carbons (Fsp3) is 0.500. The van der Waals surface area contributed by atoms with Gasteiger partial charge in [-0.1, -0.05) is 0 Å². The number of aromatic nitrogens is 7. The van der Waals surface area contributed by atoms with Crippen LogP contribution in [0.2, 0.25) is 5.28 Å². The van der Waals surface area contributed by atoms with Crippen LogP contribution >= 0.6 is 23.4 Å². The van der Waals surface area contributed by atoms with Gasteiger partial charge in [-0.05, 0) is 47.6 Å². The first-order chi connectivity index (χ1) is 8.54. The highest BCUT2D eigenvalue weighted by atomic mass is 35.5. The lowest BCUT2D eigenvalue weighted by atomic mass is 10.5. The van der Waals surface area contributed by atoms with E-state index >= 15 is 0 Å². The van der Waals surface area contributed by atoms with Crippen LogP contribution in [-0.2, 0) is 7.05 Å². The zero-order valence-electron chi connectivity index (χ0n) is 9.90. The monoisotopic (exact) mass is 287 g/mol. The molecule has 10 heteroatoms. The summed E-state index contributed by atoms with van der Waals surface area (Å²) in [5, 5.41) is 12.0. The lowest BCUT2D eigenvalue weighted by Crippen LogP contribution is -2.09. The third-order valence-electron chi connectivity index (χ3n) is 1.67. The smallest absolute Gasteiger partial charge is 0.322 e. The normalized spacial score (nSPS) is 10.9. The Morgan fingerprint density at radius 3 is 2.67 bits per heavy atom. The van der Waals surface area contributed by atoms with E-state index in [1.54, 1.807) is 7.05 Å². The molecule has 0 saturated heterocycles. The molecule has 0 aliphatic rings. The molecule has 0 aromatic carbocycles. The Kier molecular flexibility index (Phi) is 3.92. The number of ether oxygens (including phenoxy) is 1. The number of aryl methyl sites for hydroxylation is 1. The van der Waals surface area contributed by atoms with Crippen molar-refractivity contribution in [3.8, 4) is 6.01 Å². The highest BCUT2D eigenvalue weighted by molar-refractivity contribution is 7.99. The van der Waals surface area contributed by atoms with Gasteiger partial charge in [0.15, 0.2) is 0 Å². The Bertz CT molecular complexity index is 546. The molecule has 2 rings (SSSR count). The highest BCUT2D eigenvalue weighted by Crippen LogP contribution is 2.23. The molecule has 0 fully saturated rings. The lowest BCUT2D eigenvalue weighted by Gasteiger charge is -2.07. The number of nitrogens with zero attached hydrogens (tertiary/aromatic N) is 7. The summed E-state index contributed by atoms with van der Waals surface area (Å²) < 4.78 is 6.87. The second-order valence-corrected chi connectivity index (χ2v) is 4.80. The van der Waals surface area contributed by atoms with Gasteiger partial charge in [0.2, 0.25) is 15.6 Å². The number of hydrogen-bond acceptors (Lipinski definition) is 8. The van der Waals surface area contributed by atoms with Gasteiger partial charge in [0.05, 0.1) is 6.10 Å². The molecule has 2 heterocycles. The fourth-order valence-corrected chi connectivity index (χ4v) is 1.88. The van der Waals surface area contributed by atoms with Crippen LogP contribution in [0.1, 0.15) is 13.8 Å². The van der Waals surface area contributed by atoms with Crippen LogP contribution in [0.25, 0.3) is 0 Å². The average molecular weight is 288 g/mol. The van der Waals surface area contributed by atoms with Crippen molar-refractivity contribution in [1.82, 2.24) is 35.2 Å². The molecule has 8 nitrogen and oxygen atoms in total. The maximum Gasteiger partial charge on any atom is 0.322 e. The van der Waals surface area contributed by atoms with E-state index in [1.807, 2.05) is 13.8 Å². The Morgan fingerprint density at radius 1 is 1.28 bits per heavy atom. The van der Waals surface area contributed by atoms with Gasteiger partial charge in [-0.25, -0.2) is 4.68 Å². The van der Waals surface area contributed by atoms with Crippen LogP contribution in [0.15, 0.2) is 10.3 Å². The van der Waals surface area contributed by atoms with E-state index < -0.39 is 0 Å². The first-order valence-electron chi connectivity index (χ1n) is 5.03. The zero-order chi connectivity index (χ0) is 13.1. The van der Waals surface area contributed by atoms with E-state index in [4.69, 9.17) is 16.3 Å². The summed E-state index contributed by atoms with van der Waals surface area (Å²) in [5.74, 6) is 0. The van der Waals surface area contributed by atoms with E-state index in [-0.39, 0.29) is 17.4 Å². The van der Waals surface area contributed by atoms with Crippen molar-refractivity contribution in [2.45, 2.75) is 30.3 Å². The second kappa shape index (κ2) is 5.44. The first kappa shape index (κ1) is 13.0. The van der Waals surface area contributed by atoms with Crippen molar-refractivity contribution in [2.75, 3.05) is 0 Å². The summed E-state index contributed by atoms with van der Waals surface area (Å²) >= 11 is 6.98. The van der Waals surface area contributed by atoms with Crippen molar-refractivity contribution >= 4 is 23.4 Å². The van der Waals surface area contributed by atoms with Gasteiger partial charge in [-0.15, -0.1) is 5.10 Å². The minimum absolute atomic E-state index is 0.0437. The summed E-state index contributed by atoms with van der Waals surface area (Å²) in [7, 11) is 1.72. The Morgan fingerprint density at radius 2 is 2.06 bits per heavy atom. The molecule has 0 unspecified atom stereocenters. The number of tetrazole rings is 1. The molecule has 0 saturated carbocycles. The molecule has 0 atom stereocenters. The molecule has 96 valence electrons. The molecular formula is C8H10ClN7OS. The minimum Gasteiger partial charge on any atom is -0.461 e. The topological polar surface area (TPSA) is 91.5 Å². The molecule has 0 aliphatic heterocycles. The maximum atomic E-state index is 5.80. The van der Waals surface area contributed by atoms with Gasteiger partial charge in [-0.2, -0.15) is 15.0 Å². The molecule has 2 aromatic rings. The zero-order valence-corrected chi connectivity index (χ0v) is 11.5. The molecule has 0 radical (unpaired) electrons. The van der Waals surface area contributed by atoms with Gasteiger partial charge in [0.1, 0.15) is 0 Å². The maximum absolute atomic E-state index is 5.80. The van der Waals surface area contributed by atoms with E-state index in [9.17, 15) is 0 Å². The number of hydrogen-bond donors (Lipinski definition) is 0. The summed E-state index contributed by atoms with van der Waals surface area (Å²) in [5.41, 5.74) is 0. The predicted octanol–water partition coefficient (Wildman–Crippen LogP) is 0.987. The lowest BCUT2D eigenvalue weighted by molar-refractivity contribution is 0.219. The second-order valence-electron chi connectivity index (χ2n) is 3.52. The molecule has 0 bridgehead atoms. The van der Waals surface area contributed by atoms with Crippen LogP contribution < -0.4 is 4.74 Å². The molecule has 0 aliphatic carbocycles. The Labute approximate surface area is 112 Å². The molecule has 2 aromatic heterocycles. The molecule has 0 N–H and O–H groups in total. The van der Waals surface area contributed by atoms with Crippen molar-refractivity contribution in [3.05, 3.63) is 5.28 Å². The van der Waals surface area contributed by atoms with Crippen molar-refractivity contribution in [1.29, 1.82) is 0 Å². The standard InChI is InChI=1S/C8H10ClN7OS/c1-4(2)17-6-10-5(9)11-7(12-6)18-8-13-14-15-16(8)3/h4H,1-3H3. The van der Waals surface area contributed by atoms with Gasteiger partial charge in [0.25, 0.3) is 0 Å². The van der Waals surface area contributed by atoms with Crippen LogP contribution in [0.4, 0.5) is 0 Å². The van der Waals surface area contributed by atoms with Gasteiger partial charge in [0, 0.05) is 7.05 Å². The third-order valence-corrected chi connectivity index (χ3v) is 2.73. The summed E-state index contributed by atoms with van der Waals surface area (Å²) in [6.07, 6.45) is -0.0437. The van der Waals surface area contributed by atoms with Crippen molar-refractivity contribution < 1.29 is 4.74 Å². The summed E-state index contributed by atoms with van der Waals surface area (Å²) in [6, 6.07) is 0.183. The Balaban J connectivity index is 2.23. The highest BCUT2D eigenvalue weighted by Gasteiger charge is 2.12.